The number of nitrogens with zero attached hydrogens (tertiary/aromatic N) is 1. The van der Waals surface area contributed by atoms with Crippen LogP contribution in [0.5, 0.6) is 11.5 Å². The summed E-state index contributed by atoms with van der Waals surface area (Å²) >= 11 is 0. The molecule has 0 saturated carbocycles. The fourth-order valence-corrected chi connectivity index (χ4v) is 3.65. The first-order valence-electron chi connectivity index (χ1n) is 8.93. The van der Waals surface area contributed by atoms with Gasteiger partial charge in [0.25, 0.3) is 0 Å². The third kappa shape index (κ3) is 4.40. The number of hydrogen-bond acceptors (Lipinski definition) is 5. The monoisotopic (exact) mass is 371 g/mol. The van der Waals surface area contributed by atoms with Crippen LogP contribution in [0.3, 0.4) is 0 Å². The van der Waals surface area contributed by atoms with E-state index in [9.17, 15) is 9.90 Å². The Morgan fingerprint density at radius 3 is 2.70 bits per heavy atom. The maximum Gasteiger partial charge on any atom is 0.341 e. The Hall–Kier alpha value is -2.57. The highest BCUT2D eigenvalue weighted by Gasteiger charge is 2.38. The second-order valence-electron chi connectivity index (χ2n) is 6.97. The van der Waals surface area contributed by atoms with E-state index in [1.165, 1.54) is 7.11 Å². The molecule has 0 radical (unpaired) electrons. The van der Waals surface area contributed by atoms with Crippen LogP contribution in [0.4, 0.5) is 0 Å². The molecule has 1 fully saturated rings. The van der Waals surface area contributed by atoms with Gasteiger partial charge in [0.15, 0.2) is 18.1 Å². The fourth-order valence-electron chi connectivity index (χ4n) is 3.65. The van der Waals surface area contributed by atoms with Crippen LogP contribution >= 0.6 is 0 Å². The summed E-state index contributed by atoms with van der Waals surface area (Å²) in [6.07, 6.45) is 0.677. The number of ether oxygens (including phenoxy) is 2. The molecule has 6 nitrogen and oxygen atoms in total. The van der Waals surface area contributed by atoms with E-state index in [2.05, 4.69) is 4.90 Å². The molecule has 6 heteroatoms. The zero-order chi connectivity index (χ0) is 19.4. The predicted octanol–water partition coefficient (Wildman–Crippen LogP) is 2.56. The van der Waals surface area contributed by atoms with Crippen LogP contribution in [0.25, 0.3) is 0 Å². The van der Waals surface area contributed by atoms with Crippen molar-refractivity contribution in [2.45, 2.75) is 25.5 Å². The summed E-state index contributed by atoms with van der Waals surface area (Å²) in [6, 6.07) is 13.4. The summed E-state index contributed by atoms with van der Waals surface area (Å²) in [5.74, 6) is -0.131. The highest BCUT2D eigenvalue weighted by atomic mass is 16.5. The highest BCUT2D eigenvalue weighted by molar-refractivity contribution is 5.68. The quantitative estimate of drug-likeness (QED) is 0.779. The molecular formula is C21H25NO5. The normalized spacial score (nSPS) is 19.8. The maximum absolute atomic E-state index is 11.1. The number of methoxy groups -OCH3 is 1. The Morgan fingerprint density at radius 1 is 1.22 bits per heavy atom. The molecule has 2 N–H and O–H groups in total. The van der Waals surface area contributed by atoms with Gasteiger partial charge in [-0.1, -0.05) is 30.3 Å². The summed E-state index contributed by atoms with van der Waals surface area (Å²) in [5, 5.41) is 19.9. The molecule has 1 unspecified atom stereocenters. The van der Waals surface area contributed by atoms with Crippen molar-refractivity contribution in [2.75, 3.05) is 26.8 Å². The number of likely N-dealkylation sites (tertiary alicyclic amines) is 1. The first-order valence-corrected chi connectivity index (χ1v) is 8.93. The van der Waals surface area contributed by atoms with Gasteiger partial charge in [-0.15, -0.1) is 0 Å². The second-order valence-corrected chi connectivity index (χ2v) is 6.97. The second kappa shape index (κ2) is 7.98. The van der Waals surface area contributed by atoms with Crippen molar-refractivity contribution in [2.24, 2.45) is 0 Å². The lowest BCUT2D eigenvalue weighted by molar-refractivity contribution is -0.139. The van der Waals surface area contributed by atoms with Gasteiger partial charge in [-0.3, -0.25) is 4.90 Å². The van der Waals surface area contributed by atoms with Crippen LogP contribution in [0.1, 0.15) is 23.1 Å². The predicted molar refractivity (Wildman–Crippen MR) is 101 cm³/mol. The van der Waals surface area contributed by atoms with Crippen LogP contribution in [0.15, 0.2) is 42.5 Å². The lowest BCUT2D eigenvalue weighted by Gasteiger charge is -2.26. The number of β-amino-alcohol motifs (C(OH)–C–C–N with tert-alkyl or cyclic N) is 1. The topological polar surface area (TPSA) is 79.2 Å². The van der Waals surface area contributed by atoms with Crippen molar-refractivity contribution in [3.05, 3.63) is 59.2 Å². The van der Waals surface area contributed by atoms with Gasteiger partial charge in [0.05, 0.1) is 7.11 Å². The van der Waals surface area contributed by atoms with Crippen LogP contribution in [-0.2, 0) is 16.9 Å². The Morgan fingerprint density at radius 2 is 2.00 bits per heavy atom. The summed E-state index contributed by atoms with van der Waals surface area (Å²) in [4.78, 5) is 13.0. The molecule has 2 aromatic carbocycles. The van der Waals surface area contributed by atoms with E-state index in [-0.39, 0.29) is 0 Å². The summed E-state index contributed by atoms with van der Waals surface area (Å²) < 4.78 is 10.6. The lowest BCUT2D eigenvalue weighted by atomic mass is 9.89. The van der Waals surface area contributed by atoms with Gasteiger partial charge in [-0.25, -0.2) is 4.79 Å². The van der Waals surface area contributed by atoms with E-state index in [1.54, 1.807) is 12.1 Å². The number of carboxylic acids is 1. The van der Waals surface area contributed by atoms with Gasteiger partial charge >= 0.3 is 5.97 Å². The minimum atomic E-state index is -1.04. The zero-order valence-corrected chi connectivity index (χ0v) is 15.6. The van der Waals surface area contributed by atoms with Crippen molar-refractivity contribution in [1.29, 1.82) is 0 Å². The van der Waals surface area contributed by atoms with Gasteiger partial charge < -0.3 is 19.7 Å². The third-order valence-electron chi connectivity index (χ3n) is 4.96. The number of hydrogen-bond donors (Lipinski definition) is 2. The Kier molecular flexibility index (Phi) is 5.68. The maximum atomic E-state index is 11.1. The van der Waals surface area contributed by atoms with E-state index in [0.29, 0.717) is 31.0 Å². The molecular weight excluding hydrogens is 346 g/mol. The molecule has 0 aliphatic carbocycles. The first-order chi connectivity index (χ1) is 12.9. The molecule has 144 valence electrons. The smallest absolute Gasteiger partial charge is 0.341 e. The molecule has 0 bridgehead atoms. The number of aryl methyl sites for hydroxylation is 1. The molecule has 1 aliphatic heterocycles. The minimum Gasteiger partial charge on any atom is -0.493 e. The largest absolute Gasteiger partial charge is 0.493 e. The van der Waals surface area contributed by atoms with Gasteiger partial charge in [0.2, 0.25) is 0 Å². The molecule has 2 aromatic rings. The van der Waals surface area contributed by atoms with Crippen LogP contribution in [0, 0.1) is 6.92 Å². The standard InChI is InChI=1S/C21H25NO5/c1-15-5-3-4-6-17(15)21(25)9-10-22(14-21)12-16-7-8-18(26-2)19(11-16)27-13-20(23)24/h3-8,11,25H,9-10,12-14H2,1-2H3,(H,23,24). The SMILES string of the molecule is COc1ccc(CN2CCC(O)(c3ccccc3C)C2)cc1OCC(=O)O. The Balaban J connectivity index is 1.72. The molecule has 3 rings (SSSR count). The molecule has 1 atom stereocenters. The first kappa shape index (κ1) is 19.2. The Bertz CT molecular complexity index is 822. The molecule has 0 amide bonds. The number of carbonyl (C=O) groups is 1. The fraction of sp³-hybridized carbons (Fsp3) is 0.381. The molecule has 1 heterocycles. The van der Waals surface area contributed by atoms with E-state index >= 15 is 0 Å². The minimum absolute atomic E-state index is 0.408. The third-order valence-corrected chi connectivity index (χ3v) is 4.96. The number of aliphatic hydroxyl groups is 1. The number of benzene rings is 2. The van der Waals surface area contributed by atoms with Crippen molar-refractivity contribution >= 4 is 5.97 Å². The average molecular weight is 371 g/mol. The summed E-state index contributed by atoms with van der Waals surface area (Å²) in [6.45, 7) is 3.57. The lowest BCUT2D eigenvalue weighted by Crippen LogP contribution is -2.31. The van der Waals surface area contributed by atoms with Crippen molar-refractivity contribution in [3.8, 4) is 11.5 Å². The molecule has 0 aromatic heterocycles. The van der Waals surface area contributed by atoms with Crippen molar-refractivity contribution in [1.82, 2.24) is 4.90 Å². The van der Waals surface area contributed by atoms with Gasteiger partial charge in [-0.05, 0) is 42.2 Å². The molecule has 27 heavy (non-hydrogen) atoms. The number of rotatable bonds is 7. The van der Waals surface area contributed by atoms with Gasteiger partial charge in [0, 0.05) is 19.6 Å². The van der Waals surface area contributed by atoms with Crippen LogP contribution < -0.4 is 9.47 Å². The zero-order valence-electron chi connectivity index (χ0n) is 15.6. The molecule has 0 spiro atoms. The van der Waals surface area contributed by atoms with Gasteiger partial charge in [-0.2, -0.15) is 0 Å². The van der Waals surface area contributed by atoms with Crippen LogP contribution in [-0.4, -0.2) is 47.9 Å². The van der Waals surface area contributed by atoms with Gasteiger partial charge in [0.1, 0.15) is 5.60 Å². The van der Waals surface area contributed by atoms with Crippen LogP contribution in [0.2, 0.25) is 0 Å². The van der Waals surface area contributed by atoms with E-state index in [1.807, 2.05) is 37.3 Å². The average Bonchev–Trinajstić information content (AvgIpc) is 3.02. The van der Waals surface area contributed by atoms with E-state index in [0.717, 1.165) is 23.2 Å². The molecule has 1 saturated heterocycles. The number of aliphatic carboxylic acids is 1. The summed E-state index contributed by atoms with van der Waals surface area (Å²) in [5.41, 5.74) is 2.20. The Labute approximate surface area is 159 Å². The molecule has 1 aliphatic rings. The van der Waals surface area contributed by atoms with Crippen molar-refractivity contribution in [3.63, 3.8) is 0 Å². The highest BCUT2D eigenvalue weighted by Crippen LogP contribution is 2.35. The number of carboxylic acid groups (broad SMARTS) is 1. The van der Waals surface area contributed by atoms with Crippen molar-refractivity contribution < 1.29 is 24.5 Å². The summed E-state index contributed by atoms with van der Waals surface area (Å²) in [7, 11) is 1.52. The van der Waals surface area contributed by atoms with E-state index in [4.69, 9.17) is 14.6 Å². The van der Waals surface area contributed by atoms with E-state index < -0.39 is 18.2 Å².